The minimum atomic E-state index is -3.56. The Morgan fingerprint density at radius 1 is 1.16 bits per heavy atom. The molecule has 8 heteroatoms. The van der Waals surface area contributed by atoms with E-state index in [1.807, 2.05) is 25.3 Å². The van der Waals surface area contributed by atoms with Gasteiger partial charge in [0, 0.05) is 24.7 Å². The van der Waals surface area contributed by atoms with Crippen LogP contribution in [-0.2, 0) is 16.6 Å². The van der Waals surface area contributed by atoms with E-state index in [1.54, 1.807) is 16.4 Å². The predicted octanol–water partition coefficient (Wildman–Crippen LogP) is 4.34. The highest BCUT2D eigenvalue weighted by Gasteiger charge is 2.30. The van der Waals surface area contributed by atoms with Gasteiger partial charge in [0.05, 0.1) is 15.1 Å². The first-order valence-electron chi connectivity index (χ1n) is 10.6. The summed E-state index contributed by atoms with van der Waals surface area (Å²) >= 11 is 1.48. The van der Waals surface area contributed by atoms with Gasteiger partial charge in [-0.2, -0.15) is 9.30 Å². The molecule has 1 atom stereocenters. The standard InChI is InChI=1S/C23H27N3O3S2/c1-4-25-20-13-8-16(2)15-21(20)30-23(25)24-22(27)18-9-11-19(12-10-18)31(28,29)26-14-6-5-7-17(26)3/h8-13,15,17H,4-7,14H2,1-3H3/t17-/m1/s1. The largest absolute Gasteiger partial charge is 0.317 e. The van der Waals surface area contributed by atoms with Gasteiger partial charge < -0.3 is 4.57 Å². The molecule has 1 aliphatic rings. The number of fused-ring (bicyclic) bond motifs is 1. The summed E-state index contributed by atoms with van der Waals surface area (Å²) in [5.41, 5.74) is 2.60. The molecule has 1 saturated heterocycles. The topological polar surface area (TPSA) is 71.7 Å². The van der Waals surface area contributed by atoms with Crippen LogP contribution in [0.3, 0.4) is 0 Å². The molecule has 0 radical (unpaired) electrons. The van der Waals surface area contributed by atoms with Crippen LogP contribution in [-0.4, -0.2) is 35.8 Å². The third-order valence-electron chi connectivity index (χ3n) is 5.80. The summed E-state index contributed by atoms with van der Waals surface area (Å²) in [6.45, 7) is 7.26. The normalized spacial score (nSPS) is 18.5. The minimum absolute atomic E-state index is 0.00357. The number of piperidine rings is 1. The van der Waals surface area contributed by atoms with Crippen LogP contribution in [0, 0.1) is 6.92 Å². The second kappa shape index (κ2) is 8.68. The van der Waals surface area contributed by atoms with E-state index in [0.29, 0.717) is 23.5 Å². The van der Waals surface area contributed by atoms with Crippen LogP contribution in [0.15, 0.2) is 52.4 Å². The van der Waals surface area contributed by atoms with Crippen molar-refractivity contribution in [2.75, 3.05) is 6.54 Å². The van der Waals surface area contributed by atoms with Crippen molar-refractivity contribution in [1.82, 2.24) is 8.87 Å². The number of carbonyl (C=O) groups is 1. The van der Waals surface area contributed by atoms with Gasteiger partial charge in [0.15, 0.2) is 4.80 Å². The van der Waals surface area contributed by atoms with E-state index in [0.717, 1.165) is 35.0 Å². The first kappa shape index (κ1) is 21.9. The molecule has 4 rings (SSSR count). The summed E-state index contributed by atoms with van der Waals surface area (Å²) in [7, 11) is -3.56. The molecule has 1 fully saturated rings. The molecule has 0 aliphatic carbocycles. The fourth-order valence-electron chi connectivity index (χ4n) is 4.06. The van der Waals surface area contributed by atoms with Crippen LogP contribution < -0.4 is 4.80 Å². The zero-order valence-electron chi connectivity index (χ0n) is 18.0. The average Bonchev–Trinajstić information content (AvgIpc) is 3.09. The fraction of sp³-hybridized carbons (Fsp3) is 0.391. The van der Waals surface area contributed by atoms with Crippen molar-refractivity contribution in [3.8, 4) is 0 Å². The highest BCUT2D eigenvalue weighted by molar-refractivity contribution is 7.89. The number of benzene rings is 2. The molecular formula is C23H27N3O3S2. The van der Waals surface area contributed by atoms with Crippen molar-refractivity contribution in [3.63, 3.8) is 0 Å². The minimum Gasteiger partial charge on any atom is -0.317 e. The van der Waals surface area contributed by atoms with Gasteiger partial charge in [-0.25, -0.2) is 8.42 Å². The summed E-state index contributed by atoms with van der Waals surface area (Å²) in [5.74, 6) is -0.374. The molecule has 0 unspecified atom stereocenters. The lowest BCUT2D eigenvalue weighted by molar-refractivity contribution is 0.0997. The Balaban J connectivity index is 1.64. The molecule has 0 saturated carbocycles. The Hall–Kier alpha value is -2.29. The Morgan fingerprint density at radius 3 is 2.58 bits per heavy atom. The van der Waals surface area contributed by atoms with Crippen molar-refractivity contribution in [3.05, 3.63) is 58.4 Å². The second-order valence-electron chi connectivity index (χ2n) is 8.00. The smallest absolute Gasteiger partial charge is 0.279 e. The Kier molecular flexibility index (Phi) is 6.14. The molecular weight excluding hydrogens is 430 g/mol. The van der Waals surface area contributed by atoms with Crippen molar-refractivity contribution in [2.24, 2.45) is 4.99 Å². The van der Waals surface area contributed by atoms with Crippen LogP contribution in [0.1, 0.15) is 49.0 Å². The quantitative estimate of drug-likeness (QED) is 0.585. The van der Waals surface area contributed by atoms with Crippen molar-refractivity contribution in [1.29, 1.82) is 0 Å². The lowest BCUT2D eigenvalue weighted by atomic mass is 10.1. The highest BCUT2D eigenvalue weighted by atomic mass is 32.2. The van der Waals surface area contributed by atoms with Gasteiger partial charge in [-0.05, 0) is 75.6 Å². The average molecular weight is 458 g/mol. The van der Waals surface area contributed by atoms with Crippen molar-refractivity contribution < 1.29 is 13.2 Å². The summed E-state index contributed by atoms with van der Waals surface area (Å²) in [6, 6.07) is 12.3. The lowest BCUT2D eigenvalue weighted by Crippen LogP contribution is -2.41. The number of rotatable bonds is 4. The van der Waals surface area contributed by atoms with Crippen LogP contribution >= 0.6 is 11.3 Å². The lowest BCUT2D eigenvalue weighted by Gasteiger charge is -2.32. The maximum absolute atomic E-state index is 13.0. The van der Waals surface area contributed by atoms with Crippen molar-refractivity contribution >= 4 is 37.5 Å². The predicted molar refractivity (Wildman–Crippen MR) is 124 cm³/mol. The van der Waals surface area contributed by atoms with Gasteiger partial charge in [-0.3, -0.25) is 4.79 Å². The van der Waals surface area contributed by atoms with E-state index in [2.05, 4.69) is 23.2 Å². The van der Waals surface area contributed by atoms with Gasteiger partial charge in [0.1, 0.15) is 0 Å². The summed E-state index contributed by atoms with van der Waals surface area (Å²) < 4.78 is 30.7. The number of hydrogen-bond donors (Lipinski definition) is 0. The molecule has 6 nitrogen and oxygen atoms in total. The molecule has 0 N–H and O–H groups in total. The van der Waals surface area contributed by atoms with E-state index in [9.17, 15) is 13.2 Å². The molecule has 3 aromatic rings. The number of carbonyl (C=O) groups excluding carboxylic acids is 1. The van der Waals surface area contributed by atoms with E-state index < -0.39 is 10.0 Å². The number of aryl methyl sites for hydroxylation is 2. The number of thiazole rings is 1. The molecule has 2 aromatic carbocycles. The molecule has 1 amide bonds. The summed E-state index contributed by atoms with van der Waals surface area (Å²) in [4.78, 5) is 18.0. The van der Waals surface area contributed by atoms with E-state index in [4.69, 9.17) is 0 Å². The van der Waals surface area contributed by atoms with Crippen LogP contribution in [0.25, 0.3) is 10.2 Å². The Bertz CT molecular complexity index is 1290. The van der Waals surface area contributed by atoms with Crippen LogP contribution in [0.5, 0.6) is 0 Å². The van der Waals surface area contributed by atoms with E-state index in [1.165, 1.54) is 23.5 Å². The number of hydrogen-bond acceptors (Lipinski definition) is 4. The van der Waals surface area contributed by atoms with Gasteiger partial charge in [0.25, 0.3) is 5.91 Å². The maximum atomic E-state index is 13.0. The van der Waals surface area contributed by atoms with Gasteiger partial charge in [-0.15, -0.1) is 0 Å². The zero-order chi connectivity index (χ0) is 22.2. The van der Waals surface area contributed by atoms with E-state index >= 15 is 0 Å². The monoisotopic (exact) mass is 457 g/mol. The first-order valence-corrected chi connectivity index (χ1v) is 12.9. The molecule has 31 heavy (non-hydrogen) atoms. The Morgan fingerprint density at radius 2 is 1.90 bits per heavy atom. The van der Waals surface area contributed by atoms with E-state index in [-0.39, 0.29) is 16.8 Å². The van der Waals surface area contributed by atoms with Gasteiger partial charge in [-0.1, -0.05) is 23.8 Å². The molecule has 0 bridgehead atoms. The number of nitrogens with zero attached hydrogens (tertiary/aromatic N) is 3. The number of sulfonamides is 1. The third kappa shape index (κ3) is 4.24. The first-order chi connectivity index (χ1) is 14.8. The maximum Gasteiger partial charge on any atom is 0.279 e. The number of aromatic nitrogens is 1. The Labute approximate surface area is 186 Å². The van der Waals surface area contributed by atoms with Crippen molar-refractivity contribution in [2.45, 2.75) is 57.5 Å². The van der Waals surface area contributed by atoms with Gasteiger partial charge in [0.2, 0.25) is 10.0 Å². The molecule has 164 valence electrons. The molecule has 0 spiro atoms. The molecule has 1 aromatic heterocycles. The van der Waals surface area contributed by atoms with Crippen LogP contribution in [0.4, 0.5) is 0 Å². The van der Waals surface area contributed by atoms with Gasteiger partial charge >= 0.3 is 0 Å². The SMILES string of the molecule is CCn1c(=NC(=O)c2ccc(S(=O)(=O)N3CCCC[C@H]3C)cc2)sc2cc(C)ccc21. The number of amides is 1. The second-order valence-corrected chi connectivity index (χ2v) is 10.9. The highest BCUT2D eigenvalue weighted by Crippen LogP contribution is 2.25. The fourth-order valence-corrected chi connectivity index (χ4v) is 6.95. The third-order valence-corrected chi connectivity index (χ3v) is 8.87. The molecule has 2 heterocycles. The van der Waals surface area contributed by atoms with Crippen LogP contribution in [0.2, 0.25) is 0 Å². The zero-order valence-corrected chi connectivity index (χ0v) is 19.7. The molecule has 1 aliphatic heterocycles. The summed E-state index contributed by atoms with van der Waals surface area (Å²) in [6.07, 6.45) is 2.81. The summed E-state index contributed by atoms with van der Waals surface area (Å²) in [5, 5.41) is 0.